The summed E-state index contributed by atoms with van der Waals surface area (Å²) < 4.78 is 41.9. The van der Waals surface area contributed by atoms with Gasteiger partial charge in [0.2, 0.25) is 5.75 Å². The molecule has 180 valence electrons. The van der Waals surface area contributed by atoms with Crippen molar-refractivity contribution < 1.29 is 27.4 Å². The Labute approximate surface area is 198 Å². The van der Waals surface area contributed by atoms with Crippen molar-refractivity contribution in [1.29, 1.82) is 0 Å². The molecular formula is C24H27N3O6S. The van der Waals surface area contributed by atoms with Crippen LogP contribution < -0.4 is 14.2 Å². The number of carbonyl (C=O) groups is 1. The molecule has 2 heterocycles. The number of hydrogen-bond acceptors (Lipinski definition) is 7. The first-order chi connectivity index (χ1) is 16.4. The average Bonchev–Trinajstić information content (AvgIpc) is 3.29. The van der Waals surface area contributed by atoms with E-state index in [1.165, 1.54) is 21.3 Å². The molecule has 1 saturated heterocycles. The smallest absolute Gasteiger partial charge is 0.271 e. The van der Waals surface area contributed by atoms with Crippen LogP contribution >= 0.6 is 0 Å². The fraction of sp³-hybridized carbons (Fsp3) is 0.333. The summed E-state index contributed by atoms with van der Waals surface area (Å²) in [6.45, 7) is 0.458. The number of carbonyl (C=O) groups excluding carboxylic acids is 1. The van der Waals surface area contributed by atoms with Gasteiger partial charge in [0.05, 0.1) is 38.0 Å². The van der Waals surface area contributed by atoms with Gasteiger partial charge in [-0.15, -0.1) is 0 Å². The maximum atomic E-state index is 13.2. The van der Waals surface area contributed by atoms with E-state index in [4.69, 9.17) is 14.2 Å². The lowest BCUT2D eigenvalue weighted by Crippen LogP contribution is -2.33. The van der Waals surface area contributed by atoms with Gasteiger partial charge in [0.15, 0.2) is 21.3 Å². The molecule has 1 aliphatic heterocycles. The molecule has 3 aromatic rings. The second-order valence-electron chi connectivity index (χ2n) is 7.93. The van der Waals surface area contributed by atoms with Gasteiger partial charge in [-0.25, -0.2) is 8.42 Å². The molecule has 0 aliphatic carbocycles. The molecule has 1 aromatic heterocycles. The van der Waals surface area contributed by atoms with Crippen LogP contribution in [0.15, 0.2) is 48.5 Å². The third kappa shape index (κ3) is 4.58. The van der Waals surface area contributed by atoms with Gasteiger partial charge in [-0.3, -0.25) is 9.89 Å². The number of methoxy groups -OCH3 is 3. The number of amides is 1. The fourth-order valence-electron chi connectivity index (χ4n) is 4.17. The zero-order valence-electron chi connectivity index (χ0n) is 19.3. The highest BCUT2D eigenvalue weighted by atomic mass is 32.2. The van der Waals surface area contributed by atoms with Gasteiger partial charge in [-0.05, 0) is 30.2 Å². The van der Waals surface area contributed by atoms with Crippen molar-refractivity contribution in [3.05, 3.63) is 59.8 Å². The van der Waals surface area contributed by atoms with E-state index in [0.717, 1.165) is 5.56 Å². The standard InChI is InChI=1S/C24H27N3O6S/c1-31-20-13-17(14-21(32-2)23(20)33-3)18-15-19(26-25-18)24(28)27-10-9-22(34(29,30)12-11-27)16-7-5-4-6-8-16/h4-8,13-15,22H,9-12H2,1-3H3,(H,25,26). The minimum atomic E-state index is -3.38. The van der Waals surface area contributed by atoms with Crippen molar-refractivity contribution in [3.8, 4) is 28.5 Å². The fourth-order valence-corrected chi connectivity index (χ4v) is 5.96. The molecule has 10 heteroatoms. The number of ether oxygens (including phenoxy) is 3. The van der Waals surface area contributed by atoms with Crippen molar-refractivity contribution in [2.75, 3.05) is 40.2 Å². The van der Waals surface area contributed by atoms with E-state index in [0.29, 0.717) is 41.5 Å². The van der Waals surface area contributed by atoms with Crippen LogP contribution in [0.1, 0.15) is 27.7 Å². The Kier molecular flexibility index (Phi) is 6.78. The van der Waals surface area contributed by atoms with E-state index in [1.54, 1.807) is 23.1 Å². The van der Waals surface area contributed by atoms with Crippen molar-refractivity contribution in [2.24, 2.45) is 0 Å². The van der Waals surface area contributed by atoms with Gasteiger partial charge in [0.1, 0.15) is 5.69 Å². The minimum absolute atomic E-state index is 0.0911. The predicted molar refractivity (Wildman–Crippen MR) is 127 cm³/mol. The number of sulfone groups is 1. The molecule has 0 spiro atoms. The van der Waals surface area contributed by atoms with Crippen LogP contribution in [-0.2, 0) is 9.84 Å². The van der Waals surface area contributed by atoms with E-state index >= 15 is 0 Å². The molecular weight excluding hydrogens is 458 g/mol. The van der Waals surface area contributed by atoms with Gasteiger partial charge in [-0.2, -0.15) is 5.10 Å². The number of benzene rings is 2. The largest absolute Gasteiger partial charge is 0.493 e. The average molecular weight is 486 g/mol. The molecule has 4 rings (SSSR count). The molecule has 1 unspecified atom stereocenters. The second kappa shape index (κ2) is 9.76. The maximum absolute atomic E-state index is 13.2. The SMILES string of the molecule is COc1cc(-c2cc(C(=O)N3CCC(c4ccccc4)S(=O)(=O)CC3)[nH]n2)cc(OC)c1OC. The van der Waals surface area contributed by atoms with E-state index in [1.807, 2.05) is 30.3 Å². The first-order valence-electron chi connectivity index (χ1n) is 10.8. The van der Waals surface area contributed by atoms with Gasteiger partial charge in [0.25, 0.3) is 5.91 Å². The normalized spacial score (nSPS) is 17.6. The van der Waals surface area contributed by atoms with Crippen LogP contribution in [0.25, 0.3) is 11.3 Å². The Morgan fingerprint density at radius 2 is 1.68 bits per heavy atom. The Morgan fingerprint density at radius 3 is 2.29 bits per heavy atom. The van der Waals surface area contributed by atoms with Gasteiger partial charge in [-0.1, -0.05) is 30.3 Å². The van der Waals surface area contributed by atoms with Crippen LogP contribution in [0.2, 0.25) is 0 Å². The quantitative estimate of drug-likeness (QED) is 0.571. The van der Waals surface area contributed by atoms with E-state index in [9.17, 15) is 13.2 Å². The zero-order chi connectivity index (χ0) is 24.3. The van der Waals surface area contributed by atoms with Crippen molar-refractivity contribution in [3.63, 3.8) is 0 Å². The number of aromatic amines is 1. The zero-order valence-corrected chi connectivity index (χ0v) is 20.1. The van der Waals surface area contributed by atoms with Crippen molar-refractivity contribution >= 4 is 15.7 Å². The molecule has 1 fully saturated rings. The first-order valence-corrected chi connectivity index (χ1v) is 12.5. The first kappa shape index (κ1) is 23.6. The van der Waals surface area contributed by atoms with E-state index < -0.39 is 15.1 Å². The summed E-state index contributed by atoms with van der Waals surface area (Å²) in [5.74, 6) is 1.01. The molecule has 1 atom stereocenters. The lowest BCUT2D eigenvalue weighted by Gasteiger charge is -2.19. The summed E-state index contributed by atoms with van der Waals surface area (Å²) in [6, 6.07) is 14.3. The van der Waals surface area contributed by atoms with Gasteiger partial charge in [0, 0.05) is 18.7 Å². The topological polar surface area (TPSA) is 111 Å². The highest BCUT2D eigenvalue weighted by Crippen LogP contribution is 2.41. The van der Waals surface area contributed by atoms with Crippen LogP contribution in [0.5, 0.6) is 17.2 Å². The van der Waals surface area contributed by atoms with Crippen LogP contribution in [0.3, 0.4) is 0 Å². The van der Waals surface area contributed by atoms with E-state index in [-0.39, 0.29) is 23.9 Å². The lowest BCUT2D eigenvalue weighted by atomic mass is 10.1. The number of aromatic nitrogens is 2. The number of nitrogens with one attached hydrogen (secondary N) is 1. The number of H-pyrrole nitrogens is 1. The van der Waals surface area contributed by atoms with Crippen LogP contribution in [-0.4, -0.2) is 69.6 Å². The molecule has 1 amide bonds. The third-order valence-electron chi connectivity index (χ3n) is 5.97. The number of rotatable bonds is 6. The van der Waals surface area contributed by atoms with Crippen molar-refractivity contribution in [2.45, 2.75) is 11.7 Å². The van der Waals surface area contributed by atoms with Gasteiger partial charge < -0.3 is 19.1 Å². The highest BCUT2D eigenvalue weighted by molar-refractivity contribution is 7.91. The Balaban J connectivity index is 1.56. The summed E-state index contributed by atoms with van der Waals surface area (Å²) >= 11 is 0. The summed E-state index contributed by atoms with van der Waals surface area (Å²) in [5, 5.41) is 6.44. The Morgan fingerprint density at radius 1 is 1.00 bits per heavy atom. The van der Waals surface area contributed by atoms with Crippen molar-refractivity contribution in [1.82, 2.24) is 15.1 Å². The molecule has 1 N–H and O–H groups in total. The maximum Gasteiger partial charge on any atom is 0.271 e. The summed E-state index contributed by atoms with van der Waals surface area (Å²) in [6.07, 6.45) is 0.339. The molecule has 9 nitrogen and oxygen atoms in total. The molecule has 2 aromatic carbocycles. The second-order valence-corrected chi connectivity index (χ2v) is 10.2. The minimum Gasteiger partial charge on any atom is -0.493 e. The Hall–Kier alpha value is -3.53. The lowest BCUT2D eigenvalue weighted by molar-refractivity contribution is 0.0760. The van der Waals surface area contributed by atoms with Crippen LogP contribution in [0, 0.1) is 0 Å². The number of nitrogens with zero attached hydrogens (tertiary/aromatic N) is 2. The monoisotopic (exact) mass is 485 g/mol. The number of hydrogen-bond donors (Lipinski definition) is 1. The van der Waals surface area contributed by atoms with E-state index in [2.05, 4.69) is 10.2 Å². The van der Waals surface area contributed by atoms with Gasteiger partial charge >= 0.3 is 0 Å². The molecule has 0 bridgehead atoms. The Bertz CT molecular complexity index is 1250. The molecule has 1 aliphatic rings. The summed E-state index contributed by atoms with van der Waals surface area (Å²) in [7, 11) is 1.19. The molecule has 34 heavy (non-hydrogen) atoms. The summed E-state index contributed by atoms with van der Waals surface area (Å²) in [5.41, 5.74) is 2.22. The molecule has 0 saturated carbocycles. The predicted octanol–water partition coefficient (Wildman–Crippen LogP) is 3.10. The highest BCUT2D eigenvalue weighted by Gasteiger charge is 2.33. The van der Waals surface area contributed by atoms with Crippen LogP contribution in [0.4, 0.5) is 0 Å². The summed E-state index contributed by atoms with van der Waals surface area (Å²) in [4.78, 5) is 14.8. The molecule has 0 radical (unpaired) electrons. The third-order valence-corrected chi connectivity index (χ3v) is 8.09.